The minimum absolute atomic E-state index is 0.0433. The zero-order valence-corrected chi connectivity index (χ0v) is 12.0. The standard InChI is InChI=1S/C12H16BrNO3/c1-7-5-9(16-3)12(17-4)10(11(7)13)8(15)6-14-2/h5,14H,6H2,1-4H3. The Morgan fingerprint density at radius 1 is 1.41 bits per heavy atom. The van der Waals surface area contributed by atoms with E-state index in [1.54, 1.807) is 14.2 Å². The van der Waals surface area contributed by atoms with Crippen LogP contribution in [0.5, 0.6) is 11.5 Å². The first kappa shape index (κ1) is 14.0. The van der Waals surface area contributed by atoms with Crippen LogP contribution in [0.3, 0.4) is 0 Å². The molecule has 0 fully saturated rings. The van der Waals surface area contributed by atoms with Crippen LogP contribution in [-0.4, -0.2) is 33.6 Å². The van der Waals surface area contributed by atoms with Crippen molar-refractivity contribution in [3.05, 3.63) is 21.7 Å². The van der Waals surface area contributed by atoms with Gasteiger partial charge in [-0.2, -0.15) is 0 Å². The third-order valence-electron chi connectivity index (χ3n) is 2.40. The molecule has 0 bridgehead atoms. The average molecular weight is 302 g/mol. The molecule has 0 saturated carbocycles. The lowest BCUT2D eigenvalue weighted by Gasteiger charge is -2.15. The molecule has 0 unspecified atom stereocenters. The number of nitrogens with one attached hydrogen (secondary N) is 1. The Bertz CT molecular complexity index is 432. The summed E-state index contributed by atoms with van der Waals surface area (Å²) in [6.45, 7) is 2.16. The molecule has 0 aliphatic carbocycles. The first-order valence-corrected chi connectivity index (χ1v) is 5.95. The van der Waals surface area contributed by atoms with E-state index >= 15 is 0 Å². The molecule has 94 valence electrons. The van der Waals surface area contributed by atoms with Crippen molar-refractivity contribution in [1.82, 2.24) is 5.32 Å². The van der Waals surface area contributed by atoms with E-state index in [2.05, 4.69) is 21.2 Å². The van der Waals surface area contributed by atoms with Gasteiger partial charge in [0.1, 0.15) is 0 Å². The van der Waals surface area contributed by atoms with Crippen molar-refractivity contribution in [3.63, 3.8) is 0 Å². The summed E-state index contributed by atoms with van der Waals surface area (Å²) in [6, 6.07) is 1.83. The smallest absolute Gasteiger partial charge is 0.181 e. The quantitative estimate of drug-likeness (QED) is 0.847. The lowest BCUT2D eigenvalue weighted by Crippen LogP contribution is -2.20. The number of carbonyl (C=O) groups is 1. The summed E-state index contributed by atoms with van der Waals surface area (Å²) in [5.41, 5.74) is 1.45. The van der Waals surface area contributed by atoms with E-state index in [0.29, 0.717) is 17.1 Å². The Labute approximate surface area is 109 Å². The summed E-state index contributed by atoms with van der Waals surface area (Å²) in [5.74, 6) is 0.983. The molecule has 0 heterocycles. The van der Waals surface area contributed by atoms with Crippen LogP contribution in [0.15, 0.2) is 10.5 Å². The number of aryl methyl sites for hydroxylation is 1. The topological polar surface area (TPSA) is 47.6 Å². The predicted molar refractivity (Wildman–Crippen MR) is 70.2 cm³/mol. The normalized spacial score (nSPS) is 10.2. The molecule has 5 heteroatoms. The molecule has 0 aliphatic heterocycles. The average Bonchev–Trinajstić information content (AvgIpc) is 2.31. The lowest BCUT2D eigenvalue weighted by molar-refractivity contribution is 0.0989. The summed E-state index contributed by atoms with van der Waals surface area (Å²) in [5, 5.41) is 2.83. The summed E-state index contributed by atoms with van der Waals surface area (Å²) in [7, 11) is 4.80. The molecular formula is C12H16BrNO3. The van der Waals surface area contributed by atoms with Crippen LogP contribution < -0.4 is 14.8 Å². The fourth-order valence-corrected chi connectivity index (χ4v) is 2.11. The van der Waals surface area contributed by atoms with Gasteiger partial charge in [-0.1, -0.05) is 0 Å². The fourth-order valence-electron chi connectivity index (χ4n) is 1.60. The van der Waals surface area contributed by atoms with E-state index in [1.807, 2.05) is 13.0 Å². The van der Waals surface area contributed by atoms with Gasteiger partial charge in [0.15, 0.2) is 17.3 Å². The maximum atomic E-state index is 12.0. The molecule has 0 amide bonds. The van der Waals surface area contributed by atoms with Gasteiger partial charge in [-0.25, -0.2) is 0 Å². The highest BCUT2D eigenvalue weighted by Gasteiger charge is 2.21. The lowest BCUT2D eigenvalue weighted by atomic mass is 10.1. The van der Waals surface area contributed by atoms with Gasteiger partial charge in [-0.15, -0.1) is 0 Å². The van der Waals surface area contributed by atoms with Crippen molar-refractivity contribution in [2.45, 2.75) is 6.92 Å². The highest BCUT2D eigenvalue weighted by atomic mass is 79.9. The van der Waals surface area contributed by atoms with Crippen molar-refractivity contribution in [3.8, 4) is 11.5 Å². The maximum Gasteiger partial charge on any atom is 0.181 e. The van der Waals surface area contributed by atoms with Crippen molar-refractivity contribution in [1.29, 1.82) is 0 Å². The van der Waals surface area contributed by atoms with E-state index in [4.69, 9.17) is 9.47 Å². The molecule has 1 aromatic rings. The minimum Gasteiger partial charge on any atom is -0.493 e. The first-order chi connectivity index (χ1) is 8.06. The van der Waals surface area contributed by atoms with Crippen molar-refractivity contribution in [2.75, 3.05) is 27.8 Å². The molecule has 0 atom stereocenters. The van der Waals surface area contributed by atoms with Crippen LogP contribution in [0.25, 0.3) is 0 Å². The second-order valence-electron chi connectivity index (χ2n) is 3.57. The van der Waals surface area contributed by atoms with Crippen molar-refractivity contribution >= 4 is 21.7 Å². The van der Waals surface area contributed by atoms with E-state index in [1.165, 1.54) is 7.11 Å². The second kappa shape index (κ2) is 6.02. The van der Waals surface area contributed by atoms with Crippen LogP contribution >= 0.6 is 15.9 Å². The number of rotatable bonds is 5. The molecule has 17 heavy (non-hydrogen) atoms. The number of ketones is 1. The summed E-state index contributed by atoms with van der Waals surface area (Å²) in [6.07, 6.45) is 0. The van der Waals surface area contributed by atoms with E-state index < -0.39 is 0 Å². The van der Waals surface area contributed by atoms with Crippen LogP contribution in [-0.2, 0) is 0 Å². The molecule has 4 nitrogen and oxygen atoms in total. The van der Waals surface area contributed by atoms with Crippen LogP contribution in [0, 0.1) is 6.92 Å². The SMILES string of the molecule is CNCC(=O)c1c(Br)c(C)cc(OC)c1OC. The van der Waals surface area contributed by atoms with E-state index in [9.17, 15) is 4.79 Å². The number of hydrogen-bond acceptors (Lipinski definition) is 4. The fraction of sp³-hybridized carbons (Fsp3) is 0.417. The van der Waals surface area contributed by atoms with E-state index in [0.717, 1.165) is 10.0 Å². The highest BCUT2D eigenvalue weighted by Crippen LogP contribution is 2.38. The predicted octanol–water partition coefficient (Wildman–Crippen LogP) is 2.18. The van der Waals surface area contributed by atoms with Gasteiger partial charge in [0.25, 0.3) is 0 Å². The number of halogens is 1. The number of methoxy groups -OCH3 is 2. The van der Waals surface area contributed by atoms with Crippen LogP contribution in [0.4, 0.5) is 0 Å². The molecule has 0 radical (unpaired) electrons. The minimum atomic E-state index is -0.0433. The number of ether oxygens (including phenoxy) is 2. The molecule has 0 spiro atoms. The van der Waals surface area contributed by atoms with Gasteiger partial charge in [0, 0.05) is 4.47 Å². The van der Waals surface area contributed by atoms with Crippen molar-refractivity contribution in [2.24, 2.45) is 0 Å². The Balaban J connectivity index is 3.43. The molecule has 0 aliphatic rings. The van der Waals surface area contributed by atoms with Crippen molar-refractivity contribution < 1.29 is 14.3 Å². The number of likely N-dealkylation sites (N-methyl/N-ethyl adjacent to an activating group) is 1. The Morgan fingerprint density at radius 3 is 2.53 bits per heavy atom. The Morgan fingerprint density at radius 2 is 2.06 bits per heavy atom. The van der Waals surface area contributed by atoms with Gasteiger partial charge in [-0.05, 0) is 41.5 Å². The van der Waals surface area contributed by atoms with Gasteiger partial charge >= 0.3 is 0 Å². The van der Waals surface area contributed by atoms with Gasteiger partial charge in [0.05, 0.1) is 26.3 Å². The third-order valence-corrected chi connectivity index (χ3v) is 3.43. The largest absolute Gasteiger partial charge is 0.493 e. The number of hydrogen-bond donors (Lipinski definition) is 1. The van der Waals surface area contributed by atoms with E-state index in [-0.39, 0.29) is 12.3 Å². The second-order valence-corrected chi connectivity index (χ2v) is 4.36. The number of benzene rings is 1. The molecular weight excluding hydrogens is 286 g/mol. The molecule has 1 aromatic carbocycles. The van der Waals surface area contributed by atoms with Crippen LogP contribution in [0.2, 0.25) is 0 Å². The Hall–Kier alpha value is -1.07. The zero-order valence-electron chi connectivity index (χ0n) is 10.4. The van der Waals surface area contributed by atoms with Gasteiger partial charge in [-0.3, -0.25) is 4.79 Å². The van der Waals surface area contributed by atoms with Gasteiger partial charge in [0.2, 0.25) is 0 Å². The monoisotopic (exact) mass is 301 g/mol. The molecule has 0 saturated heterocycles. The summed E-state index contributed by atoms with van der Waals surface area (Å²) >= 11 is 3.42. The Kier molecular flexibility index (Phi) is 4.96. The summed E-state index contributed by atoms with van der Waals surface area (Å²) < 4.78 is 11.2. The number of carbonyl (C=O) groups excluding carboxylic acids is 1. The highest BCUT2D eigenvalue weighted by molar-refractivity contribution is 9.10. The summed E-state index contributed by atoms with van der Waals surface area (Å²) in [4.78, 5) is 12.0. The zero-order chi connectivity index (χ0) is 13.0. The van der Waals surface area contributed by atoms with Crippen LogP contribution in [0.1, 0.15) is 15.9 Å². The van der Waals surface area contributed by atoms with Gasteiger partial charge < -0.3 is 14.8 Å². The first-order valence-electron chi connectivity index (χ1n) is 5.15. The maximum absolute atomic E-state index is 12.0. The molecule has 0 aromatic heterocycles. The molecule has 1 N–H and O–H groups in total. The third kappa shape index (κ3) is 2.79. The molecule has 1 rings (SSSR count). The number of Topliss-reactive ketones (excluding diaryl/α,β-unsaturated/α-hetero) is 1.